The van der Waals surface area contributed by atoms with Crippen molar-refractivity contribution < 1.29 is 19.0 Å². The summed E-state index contributed by atoms with van der Waals surface area (Å²) in [4.78, 5) is 12.0. The molecule has 2 N–H and O–H groups in total. The van der Waals surface area contributed by atoms with Gasteiger partial charge in [0.2, 0.25) is 5.91 Å². The highest BCUT2D eigenvalue weighted by Gasteiger charge is 2.13. The number of carbonyl (C=O) groups excluding carboxylic acids is 1. The minimum Gasteiger partial charge on any atom is -0.497 e. The van der Waals surface area contributed by atoms with E-state index in [1.807, 2.05) is 6.92 Å². The topological polar surface area (TPSA) is 58.6 Å². The van der Waals surface area contributed by atoms with E-state index < -0.39 is 6.10 Å². The molecule has 2 aromatic carbocycles. The fourth-order valence-corrected chi connectivity index (χ4v) is 2.41. The first kappa shape index (κ1) is 17.9. The second-order valence-electron chi connectivity index (χ2n) is 5.75. The van der Waals surface area contributed by atoms with Crippen molar-refractivity contribution in [2.45, 2.75) is 25.4 Å². The SMILES string of the molecule is COc1ccc([C@@H](O)CNC(=O)C[C@H](C)c2ccc(F)cc2)cc1. The van der Waals surface area contributed by atoms with Crippen LogP contribution in [0.3, 0.4) is 0 Å². The molecule has 4 nitrogen and oxygen atoms in total. The molecule has 0 aliphatic rings. The van der Waals surface area contributed by atoms with E-state index in [0.717, 1.165) is 5.56 Å². The lowest BCUT2D eigenvalue weighted by molar-refractivity contribution is -0.121. The van der Waals surface area contributed by atoms with Crippen LogP contribution in [-0.2, 0) is 4.79 Å². The van der Waals surface area contributed by atoms with Crippen molar-refractivity contribution in [3.63, 3.8) is 0 Å². The van der Waals surface area contributed by atoms with E-state index in [-0.39, 0.29) is 30.6 Å². The number of ether oxygens (including phenoxy) is 1. The molecule has 5 heteroatoms. The number of methoxy groups -OCH3 is 1. The molecule has 24 heavy (non-hydrogen) atoms. The maximum absolute atomic E-state index is 12.9. The zero-order valence-corrected chi connectivity index (χ0v) is 13.8. The highest BCUT2D eigenvalue weighted by Crippen LogP contribution is 2.20. The molecule has 0 radical (unpaired) electrons. The predicted molar refractivity (Wildman–Crippen MR) is 90.4 cm³/mol. The van der Waals surface area contributed by atoms with Gasteiger partial charge in [0.25, 0.3) is 0 Å². The van der Waals surface area contributed by atoms with Gasteiger partial charge in [0.15, 0.2) is 0 Å². The minimum absolute atomic E-state index is 0.0243. The number of aliphatic hydroxyl groups excluding tert-OH is 1. The molecule has 2 aromatic rings. The molecule has 0 spiro atoms. The Hall–Kier alpha value is -2.40. The van der Waals surface area contributed by atoms with Gasteiger partial charge in [-0.1, -0.05) is 31.2 Å². The summed E-state index contributed by atoms with van der Waals surface area (Å²) in [5.74, 6) is 0.240. The Balaban J connectivity index is 1.82. The second-order valence-corrected chi connectivity index (χ2v) is 5.75. The third-order valence-corrected chi connectivity index (χ3v) is 3.92. The van der Waals surface area contributed by atoms with Gasteiger partial charge in [-0.25, -0.2) is 4.39 Å². The normalized spacial score (nSPS) is 13.2. The van der Waals surface area contributed by atoms with Crippen LogP contribution in [0.1, 0.15) is 36.5 Å². The summed E-state index contributed by atoms with van der Waals surface area (Å²) in [7, 11) is 1.58. The molecule has 2 atom stereocenters. The summed E-state index contributed by atoms with van der Waals surface area (Å²) in [6.07, 6.45) is -0.498. The first-order chi connectivity index (χ1) is 11.5. The Morgan fingerprint density at radius 1 is 1.12 bits per heavy atom. The minimum atomic E-state index is -0.777. The van der Waals surface area contributed by atoms with Gasteiger partial charge in [0.1, 0.15) is 11.6 Å². The van der Waals surface area contributed by atoms with Gasteiger partial charge >= 0.3 is 0 Å². The van der Waals surface area contributed by atoms with Gasteiger partial charge in [-0.2, -0.15) is 0 Å². The number of carbonyl (C=O) groups is 1. The Bertz CT molecular complexity index is 655. The third-order valence-electron chi connectivity index (χ3n) is 3.92. The van der Waals surface area contributed by atoms with Crippen LogP contribution in [-0.4, -0.2) is 24.7 Å². The molecule has 0 heterocycles. The van der Waals surface area contributed by atoms with E-state index in [9.17, 15) is 14.3 Å². The number of benzene rings is 2. The number of nitrogens with one attached hydrogen (secondary N) is 1. The molecule has 0 aliphatic carbocycles. The molecule has 0 bridgehead atoms. The number of rotatable bonds is 7. The van der Waals surface area contributed by atoms with E-state index in [0.29, 0.717) is 11.3 Å². The first-order valence-electron chi connectivity index (χ1n) is 7.83. The van der Waals surface area contributed by atoms with Crippen LogP contribution in [0, 0.1) is 5.82 Å². The standard InChI is InChI=1S/C19H22FNO3/c1-13(14-3-7-16(20)8-4-14)11-19(23)21-12-18(22)15-5-9-17(24-2)10-6-15/h3-10,13,18,22H,11-12H2,1-2H3,(H,21,23)/t13-,18-/m0/s1. The zero-order valence-electron chi connectivity index (χ0n) is 13.8. The van der Waals surface area contributed by atoms with Gasteiger partial charge in [-0.15, -0.1) is 0 Å². The lowest BCUT2D eigenvalue weighted by Gasteiger charge is -2.15. The molecule has 0 aliphatic heterocycles. The highest BCUT2D eigenvalue weighted by atomic mass is 19.1. The number of aliphatic hydroxyl groups is 1. The maximum Gasteiger partial charge on any atom is 0.220 e. The molecule has 2 rings (SSSR count). The first-order valence-corrected chi connectivity index (χ1v) is 7.83. The van der Waals surface area contributed by atoms with Crippen LogP contribution in [0.2, 0.25) is 0 Å². The number of hydrogen-bond acceptors (Lipinski definition) is 3. The number of amides is 1. The second kappa shape index (κ2) is 8.45. The fraction of sp³-hybridized carbons (Fsp3) is 0.316. The van der Waals surface area contributed by atoms with Crippen LogP contribution < -0.4 is 10.1 Å². The lowest BCUT2D eigenvalue weighted by atomic mass is 9.97. The Morgan fingerprint density at radius 3 is 2.29 bits per heavy atom. The Morgan fingerprint density at radius 2 is 1.71 bits per heavy atom. The predicted octanol–water partition coefficient (Wildman–Crippen LogP) is 3.18. The summed E-state index contributed by atoms with van der Waals surface area (Å²) >= 11 is 0. The Kier molecular flexibility index (Phi) is 6.32. The summed E-state index contributed by atoms with van der Waals surface area (Å²) < 4.78 is 18.0. The van der Waals surface area contributed by atoms with E-state index in [4.69, 9.17) is 4.74 Å². The lowest BCUT2D eigenvalue weighted by Crippen LogP contribution is -2.29. The van der Waals surface area contributed by atoms with Crippen LogP contribution in [0.15, 0.2) is 48.5 Å². The highest BCUT2D eigenvalue weighted by molar-refractivity contribution is 5.76. The molecule has 128 valence electrons. The third kappa shape index (κ3) is 5.06. The van der Waals surface area contributed by atoms with E-state index >= 15 is 0 Å². The summed E-state index contributed by atoms with van der Waals surface area (Å²) in [6.45, 7) is 2.05. The van der Waals surface area contributed by atoms with Crippen molar-refractivity contribution >= 4 is 5.91 Å². The molecular formula is C19H22FNO3. The maximum atomic E-state index is 12.9. The van der Waals surface area contributed by atoms with Crippen LogP contribution in [0.25, 0.3) is 0 Å². The monoisotopic (exact) mass is 331 g/mol. The molecule has 0 aromatic heterocycles. The van der Waals surface area contributed by atoms with Gasteiger partial charge < -0.3 is 15.2 Å². The van der Waals surface area contributed by atoms with Crippen molar-refractivity contribution in [2.24, 2.45) is 0 Å². The zero-order chi connectivity index (χ0) is 17.5. The molecule has 0 saturated carbocycles. The molecule has 0 saturated heterocycles. The summed E-state index contributed by atoms with van der Waals surface area (Å²) in [5, 5.41) is 12.8. The van der Waals surface area contributed by atoms with Crippen LogP contribution in [0.4, 0.5) is 4.39 Å². The smallest absolute Gasteiger partial charge is 0.220 e. The average Bonchev–Trinajstić information content (AvgIpc) is 2.60. The van der Waals surface area contributed by atoms with Crippen molar-refractivity contribution in [2.75, 3.05) is 13.7 Å². The van der Waals surface area contributed by atoms with Crippen molar-refractivity contribution in [1.29, 1.82) is 0 Å². The van der Waals surface area contributed by atoms with Gasteiger partial charge in [-0.3, -0.25) is 4.79 Å². The molecule has 0 unspecified atom stereocenters. The van der Waals surface area contributed by atoms with Gasteiger partial charge in [0, 0.05) is 13.0 Å². The average molecular weight is 331 g/mol. The van der Waals surface area contributed by atoms with Gasteiger partial charge in [0.05, 0.1) is 13.2 Å². The molecule has 1 amide bonds. The Labute approximate surface area is 141 Å². The van der Waals surface area contributed by atoms with E-state index in [1.54, 1.807) is 43.5 Å². The van der Waals surface area contributed by atoms with Crippen molar-refractivity contribution in [3.8, 4) is 5.75 Å². The summed E-state index contributed by atoms with van der Waals surface area (Å²) in [5.41, 5.74) is 1.62. The fourth-order valence-electron chi connectivity index (χ4n) is 2.41. The van der Waals surface area contributed by atoms with Crippen LogP contribution in [0.5, 0.6) is 5.75 Å². The summed E-state index contributed by atoms with van der Waals surface area (Å²) in [6, 6.07) is 13.2. The number of halogens is 1. The van der Waals surface area contributed by atoms with Crippen LogP contribution >= 0.6 is 0 Å². The molecular weight excluding hydrogens is 309 g/mol. The van der Waals surface area contributed by atoms with Crippen molar-refractivity contribution in [3.05, 3.63) is 65.5 Å². The van der Waals surface area contributed by atoms with E-state index in [2.05, 4.69) is 5.32 Å². The quantitative estimate of drug-likeness (QED) is 0.819. The van der Waals surface area contributed by atoms with Gasteiger partial charge in [-0.05, 0) is 41.3 Å². The van der Waals surface area contributed by atoms with E-state index in [1.165, 1.54) is 12.1 Å². The largest absolute Gasteiger partial charge is 0.497 e. The van der Waals surface area contributed by atoms with Crippen molar-refractivity contribution in [1.82, 2.24) is 5.32 Å². The molecule has 0 fully saturated rings. The number of hydrogen-bond donors (Lipinski definition) is 2.